The van der Waals surface area contributed by atoms with Crippen molar-refractivity contribution in [3.63, 3.8) is 0 Å². The molecule has 0 saturated carbocycles. The minimum absolute atomic E-state index is 0.0676. The maximum atomic E-state index is 12.6. The summed E-state index contributed by atoms with van der Waals surface area (Å²) in [5.74, 6) is -1.40. The number of hydrogen-bond acceptors (Lipinski definition) is 4. The van der Waals surface area contributed by atoms with Gasteiger partial charge in [-0.1, -0.05) is 48.2 Å². The molecule has 0 aromatic heterocycles. The van der Waals surface area contributed by atoms with Crippen LogP contribution in [-0.2, 0) is 17.5 Å². The van der Waals surface area contributed by atoms with Gasteiger partial charge in [0.15, 0.2) is 0 Å². The minimum atomic E-state index is -4.42. The highest BCUT2D eigenvalue weighted by atomic mass is 32.2. The zero-order valence-corrected chi connectivity index (χ0v) is 15.7. The van der Waals surface area contributed by atoms with Gasteiger partial charge in [-0.25, -0.2) is 4.79 Å². The fourth-order valence-corrected chi connectivity index (χ4v) is 3.75. The van der Waals surface area contributed by atoms with E-state index in [1.165, 1.54) is 29.2 Å². The average Bonchev–Trinajstić information content (AvgIpc) is 2.89. The molecule has 0 unspecified atom stereocenters. The average molecular weight is 423 g/mol. The van der Waals surface area contributed by atoms with E-state index in [0.29, 0.717) is 20.4 Å². The molecule has 0 radical (unpaired) electrons. The van der Waals surface area contributed by atoms with E-state index in [4.69, 9.17) is 17.3 Å². The van der Waals surface area contributed by atoms with E-state index >= 15 is 0 Å². The first-order valence-electron chi connectivity index (χ1n) is 7.90. The summed E-state index contributed by atoms with van der Waals surface area (Å²) in [6.07, 6.45) is -2.82. The van der Waals surface area contributed by atoms with Gasteiger partial charge >= 0.3 is 12.1 Å². The van der Waals surface area contributed by atoms with Crippen LogP contribution in [0.15, 0.2) is 53.4 Å². The summed E-state index contributed by atoms with van der Waals surface area (Å²) < 4.78 is 38.2. The van der Waals surface area contributed by atoms with Crippen molar-refractivity contribution in [1.82, 2.24) is 4.90 Å². The molecule has 2 aromatic rings. The van der Waals surface area contributed by atoms with Crippen LogP contribution >= 0.6 is 24.0 Å². The van der Waals surface area contributed by atoms with Crippen molar-refractivity contribution in [2.45, 2.75) is 12.7 Å². The molecule has 1 fully saturated rings. The van der Waals surface area contributed by atoms with Crippen LogP contribution in [0.4, 0.5) is 13.2 Å². The van der Waals surface area contributed by atoms with Gasteiger partial charge < -0.3 is 5.11 Å². The fraction of sp³-hybridized carbons (Fsp3) is 0.105. The lowest BCUT2D eigenvalue weighted by Gasteiger charge is -2.15. The van der Waals surface area contributed by atoms with Crippen LogP contribution in [0.5, 0.6) is 0 Å². The van der Waals surface area contributed by atoms with E-state index in [0.717, 1.165) is 23.9 Å². The molecule has 144 valence electrons. The lowest BCUT2D eigenvalue weighted by molar-refractivity contribution is -0.137. The fourth-order valence-electron chi connectivity index (χ4n) is 2.49. The van der Waals surface area contributed by atoms with Gasteiger partial charge in [-0.3, -0.25) is 9.69 Å². The van der Waals surface area contributed by atoms with Crippen molar-refractivity contribution >= 4 is 46.3 Å². The van der Waals surface area contributed by atoms with Crippen LogP contribution in [0.2, 0.25) is 0 Å². The number of amides is 1. The monoisotopic (exact) mass is 423 g/mol. The Morgan fingerprint density at radius 1 is 1.11 bits per heavy atom. The van der Waals surface area contributed by atoms with Gasteiger partial charge in [-0.2, -0.15) is 13.2 Å². The summed E-state index contributed by atoms with van der Waals surface area (Å²) in [7, 11) is 0. The molecule has 0 aliphatic carbocycles. The molecule has 0 spiro atoms. The zero-order valence-electron chi connectivity index (χ0n) is 14.1. The molecule has 1 heterocycles. The molecule has 1 saturated heterocycles. The van der Waals surface area contributed by atoms with Crippen molar-refractivity contribution in [3.8, 4) is 0 Å². The third-order valence-corrected chi connectivity index (χ3v) is 5.33. The Morgan fingerprint density at radius 3 is 2.25 bits per heavy atom. The number of benzene rings is 2. The maximum absolute atomic E-state index is 12.6. The Kier molecular flexibility index (Phi) is 5.57. The van der Waals surface area contributed by atoms with Crippen LogP contribution in [-0.4, -0.2) is 26.2 Å². The van der Waals surface area contributed by atoms with Gasteiger partial charge in [0.05, 0.1) is 22.6 Å². The number of carbonyl (C=O) groups is 2. The molecule has 1 aliphatic rings. The summed E-state index contributed by atoms with van der Waals surface area (Å²) in [6.45, 7) is 0.0676. The largest absolute Gasteiger partial charge is 0.478 e. The van der Waals surface area contributed by atoms with Gasteiger partial charge in [0.1, 0.15) is 4.32 Å². The Balaban J connectivity index is 1.75. The Hall–Kier alpha value is -2.65. The van der Waals surface area contributed by atoms with Crippen LogP contribution < -0.4 is 0 Å². The first-order valence-corrected chi connectivity index (χ1v) is 9.12. The van der Waals surface area contributed by atoms with Gasteiger partial charge in [-0.15, -0.1) is 0 Å². The SMILES string of the molecule is O=C(O)c1ccc(/C=C2\SC(=S)N(Cc3ccc(C(F)(F)F)cc3)C2=O)cc1. The number of carboxylic acids is 1. The lowest BCUT2D eigenvalue weighted by Crippen LogP contribution is -2.27. The standard InChI is InChI=1S/C19H12F3NO3S2/c20-19(21,22)14-7-3-12(4-8-14)10-23-16(24)15(28-18(23)27)9-11-1-5-13(6-2-11)17(25)26/h1-9H,10H2,(H,25,26)/b15-9-. The Labute approximate surface area is 167 Å². The number of carboxylic acid groups (broad SMARTS) is 1. The number of carbonyl (C=O) groups excluding carboxylic acids is 1. The van der Waals surface area contributed by atoms with E-state index in [2.05, 4.69) is 0 Å². The highest BCUT2D eigenvalue weighted by Gasteiger charge is 2.33. The maximum Gasteiger partial charge on any atom is 0.416 e. The molecule has 4 nitrogen and oxygen atoms in total. The van der Waals surface area contributed by atoms with Crippen molar-refractivity contribution in [3.05, 3.63) is 75.7 Å². The quantitative estimate of drug-likeness (QED) is 0.565. The molecular formula is C19H12F3NO3S2. The molecule has 0 bridgehead atoms. The van der Waals surface area contributed by atoms with Crippen molar-refractivity contribution < 1.29 is 27.9 Å². The molecule has 3 rings (SSSR count). The number of aromatic carboxylic acids is 1. The minimum Gasteiger partial charge on any atom is -0.478 e. The van der Waals surface area contributed by atoms with E-state index < -0.39 is 17.7 Å². The predicted octanol–water partition coefficient (Wildman–Crippen LogP) is 4.81. The first kappa shape index (κ1) is 20.1. The number of thiocarbonyl (C=S) groups is 1. The summed E-state index contributed by atoms with van der Waals surface area (Å²) in [5, 5.41) is 8.91. The van der Waals surface area contributed by atoms with E-state index in [9.17, 15) is 22.8 Å². The number of nitrogens with zero attached hydrogens (tertiary/aromatic N) is 1. The second kappa shape index (κ2) is 7.76. The normalized spacial score (nSPS) is 16.1. The highest BCUT2D eigenvalue weighted by molar-refractivity contribution is 8.26. The summed E-state index contributed by atoms with van der Waals surface area (Å²) in [5.41, 5.74) is 0.537. The topological polar surface area (TPSA) is 57.6 Å². The van der Waals surface area contributed by atoms with Crippen molar-refractivity contribution in [1.29, 1.82) is 0 Å². The lowest BCUT2D eigenvalue weighted by atomic mass is 10.1. The van der Waals surface area contributed by atoms with E-state index in [-0.39, 0.29) is 18.0 Å². The second-order valence-corrected chi connectivity index (χ2v) is 7.57. The number of hydrogen-bond donors (Lipinski definition) is 1. The first-order chi connectivity index (χ1) is 13.1. The summed E-state index contributed by atoms with van der Waals surface area (Å²) in [6, 6.07) is 10.6. The van der Waals surface area contributed by atoms with Crippen LogP contribution in [0.25, 0.3) is 6.08 Å². The van der Waals surface area contributed by atoms with Crippen molar-refractivity contribution in [2.24, 2.45) is 0 Å². The Bertz CT molecular complexity index is 967. The predicted molar refractivity (Wildman–Crippen MR) is 104 cm³/mol. The third-order valence-electron chi connectivity index (χ3n) is 3.95. The van der Waals surface area contributed by atoms with E-state index in [1.54, 1.807) is 18.2 Å². The molecule has 0 atom stereocenters. The van der Waals surface area contributed by atoms with Crippen LogP contribution in [0.3, 0.4) is 0 Å². The van der Waals surface area contributed by atoms with Crippen LogP contribution in [0, 0.1) is 0 Å². The number of rotatable bonds is 4. The molecule has 2 aromatic carbocycles. The second-order valence-electron chi connectivity index (χ2n) is 5.89. The zero-order chi connectivity index (χ0) is 20.5. The molecule has 1 amide bonds. The molecule has 28 heavy (non-hydrogen) atoms. The molecular weight excluding hydrogens is 411 g/mol. The van der Waals surface area contributed by atoms with Gasteiger partial charge in [-0.05, 0) is 41.5 Å². The summed E-state index contributed by atoms with van der Waals surface area (Å²) >= 11 is 6.31. The Morgan fingerprint density at radius 2 is 1.71 bits per heavy atom. The molecule has 9 heteroatoms. The number of alkyl halides is 3. The number of thioether (sulfide) groups is 1. The van der Waals surface area contributed by atoms with Crippen molar-refractivity contribution in [2.75, 3.05) is 0 Å². The van der Waals surface area contributed by atoms with Gasteiger partial charge in [0.25, 0.3) is 5.91 Å². The van der Waals surface area contributed by atoms with Gasteiger partial charge in [0.2, 0.25) is 0 Å². The summed E-state index contributed by atoms with van der Waals surface area (Å²) in [4.78, 5) is 25.2. The third kappa shape index (κ3) is 4.42. The molecule has 1 aliphatic heterocycles. The van der Waals surface area contributed by atoms with Gasteiger partial charge in [0, 0.05) is 0 Å². The smallest absolute Gasteiger partial charge is 0.416 e. The van der Waals surface area contributed by atoms with E-state index in [1.807, 2.05) is 0 Å². The van der Waals surface area contributed by atoms with Crippen LogP contribution in [0.1, 0.15) is 27.0 Å². The molecule has 1 N–H and O–H groups in total. The number of halogens is 3. The highest BCUT2D eigenvalue weighted by Crippen LogP contribution is 2.34.